The van der Waals surface area contributed by atoms with Crippen LogP contribution >= 0.6 is 0 Å². The summed E-state index contributed by atoms with van der Waals surface area (Å²) in [7, 11) is 0. The molecule has 0 saturated carbocycles. The van der Waals surface area contributed by atoms with Gasteiger partial charge in [-0.1, -0.05) is 12.1 Å². The summed E-state index contributed by atoms with van der Waals surface area (Å²) in [5, 5.41) is 9.18. The van der Waals surface area contributed by atoms with Gasteiger partial charge < -0.3 is 15.8 Å². The number of carboxylic acids is 1. The van der Waals surface area contributed by atoms with Gasteiger partial charge in [-0.2, -0.15) is 0 Å². The van der Waals surface area contributed by atoms with Crippen LogP contribution in [0.4, 0.5) is 0 Å². The number of primary amides is 1. The number of nitrogens with two attached hydrogens (primary N) is 1. The lowest BCUT2D eigenvalue weighted by Gasteiger charge is -2.01. The molecular weight excluding hydrogens is 246 g/mol. The molecule has 0 spiro atoms. The van der Waals surface area contributed by atoms with Gasteiger partial charge in [-0.3, -0.25) is 4.79 Å². The lowest BCUT2D eigenvalue weighted by atomic mass is 10.1. The third kappa shape index (κ3) is 2.86. The Labute approximate surface area is 108 Å². The maximum atomic E-state index is 11.2. The third-order valence-electron chi connectivity index (χ3n) is 2.50. The van der Waals surface area contributed by atoms with Crippen molar-refractivity contribution >= 4 is 23.5 Å². The van der Waals surface area contributed by atoms with Gasteiger partial charge in [0.15, 0.2) is 0 Å². The molecule has 0 fully saturated rings. The number of benzene rings is 1. The Kier molecular flexibility index (Phi) is 3.42. The van der Waals surface area contributed by atoms with E-state index in [1.807, 2.05) is 0 Å². The minimum Gasteiger partial charge on any atom is -0.478 e. The standard InChI is InChI=1S/C13H11N3O3/c14-12(17)9-3-1-2-8(4-9)5-10(13(18)19)11-6-15-7-16-11/h1-7H,(H2,14,17)(H,15,16)(H,18,19). The molecule has 0 aliphatic rings. The largest absolute Gasteiger partial charge is 0.478 e. The molecule has 19 heavy (non-hydrogen) atoms. The van der Waals surface area contributed by atoms with E-state index in [1.54, 1.807) is 18.2 Å². The Balaban J connectivity index is 2.45. The fourth-order valence-corrected chi connectivity index (χ4v) is 1.61. The van der Waals surface area contributed by atoms with Crippen molar-refractivity contribution in [1.82, 2.24) is 9.97 Å². The van der Waals surface area contributed by atoms with Gasteiger partial charge in [0.1, 0.15) is 0 Å². The molecule has 1 aromatic carbocycles. The highest BCUT2D eigenvalue weighted by Gasteiger charge is 2.12. The first kappa shape index (κ1) is 12.6. The number of rotatable bonds is 4. The second-order valence-electron chi connectivity index (χ2n) is 3.82. The first-order valence-corrected chi connectivity index (χ1v) is 5.41. The minimum absolute atomic E-state index is 0.0547. The van der Waals surface area contributed by atoms with Crippen molar-refractivity contribution in [3.63, 3.8) is 0 Å². The molecule has 0 aliphatic heterocycles. The van der Waals surface area contributed by atoms with Crippen LogP contribution in [0.25, 0.3) is 11.6 Å². The van der Waals surface area contributed by atoms with Crippen molar-refractivity contribution in [3.05, 3.63) is 53.6 Å². The fourth-order valence-electron chi connectivity index (χ4n) is 1.61. The van der Waals surface area contributed by atoms with Gasteiger partial charge in [0.2, 0.25) is 5.91 Å². The summed E-state index contributed by atoms with van der Waals surface area (Å²) >= 11 is 0. The molecule has 0 bridgehead atoms. The number of nitrogens with zero attached hydrogens (tertiary/aromatic N) is 1. The van der Waals surface area contributed by atoms with E-state index in [1.165, 1.54) is 24.7 Å². The highest BCUT2D eigenvalue weighted by atomic mass is 16.4. The van der Waals surface area contributed by atoms with E-state index in [0.717, 1.165) is 0 Å². The molecule has 96 valence electrons. The van der Waals surface area contributed by atoms with Crippen molar-refractivity contribution in [1.29, 1.82) is 0 Å². The molecule has 0 radical (unpaired) electrons. The van der Waals surface area contributed by atoms with Crippen molar-refractivity contribution < 1.29 is 14.7 Å². The zero-order valence-electron chi connectivity index (χ0n) is 9.83. The first-order chi connectivity index (χ1) is 9.08. The van der Waals surface area contributed by atoms with Crippen molar-refractivity contribution in [2.24, 2.45) is 5.73 Å². The van der Waals surface area contributed by atoms with Gasteiger partial charge in [-0.05, 0) is 23.8 Å². The van der Waals surface area contributed by atoms with E-state index in [0.29, 0.717) is 16.8 Å². The van der Waals surface area contributed by atoms with Crippen LogP contribution < -0.4 is 5.73 Å². The highest BCUT2D eigenvalue weighted by Crippen LogP contribution is 2.17. The average molecular weight is 257 g/mol. The quantitative estimate of drug-likeness (QED) is 0.713. The maximum absolute atomic E-state index is 11.2. The number of carbonyl (C=O) groups is 2. The Morgan fingerprint density at radius 3 is 2.74 bits per heavy atom. The lowest BCUT2D eigenvalue weighted by Crippen LogP contribution is -2.10. The number of aliphatic carboxylic acids is 1. The highest BCUT2D eigenvalue weighted by molar-refractivity contribution is 6.20. The number of aromatic amines is 1. The number of H-pyrrole nitrogens is 1. The summed E-state index contributed by atoms with van der Waals surface area (Å²) in [6.45, 7) is 0. The van der Waals surface area contributed by atoms with E-state index < -0.39 is 11.9 Å². The van der Waals surface area contributed by atoms with Crippen molar-refractivity contribution in [2.75, 3.05) is 0 Å². The molecule has 0 saturated heterocycles. The molecular formula is C13H11N3O3. The molecule has 2 rings (SSSR count). The van der Waals surface area contributed by atoms with Crippen LogP contribution in [0.3, 0.4) is 0 Å². The predicted molar refractivity (Wildman–Crippen MR) is 69.1 cm³/mol. The summed E-state index contributed by atoms with van der Waals surface area (Å²) in [5.74, 6) is -1.65. The molecule has 0 atom stereocenters. The zero-order valence-corrected chi connectivity index (χ0v) is 9.83. The van der Waals surface area contributed by atoms with Crippen LogP contribution in [0.2, 0.25) is 0 Å². The molecule has 0 aliphatic carbocycles. The average Bonchev–Trinajstić information content (AvgIpc) is 2.89. The number of carbonyl (C=O) groups excluding carboxylic acids is 1. The van der Waals surface area contributed by atoms with Crippen LogP contribution in [-0.4, -0.2) is 27.0 Å². The van der Waals surface area contributed by atoms with Gasteiger partial charge in [0.25, 0.3) is 0 Å². The molecule has 1 aromatic heterocycles. The number of amides is 1. The Bertz CT molecular complexity index is 645. The minimum atomic E-state index is -1.09. The third-order valence-corrected chi connectivity index (χ3v) is 2.50. The van der Waals surface area contributed by atoms with E-state index >= 15 is 0 Å². The number of hydrogen-bond donors (Lipinski definition) is 3. The number of nitrogens with one attached hydrogen (secondary N) is 1. The first-order valence-electron chi connectivity index (χ1n) is 5.41. The van der Waals surface area contributed by atoms with Crippen LogP contribution in [0.15, 0.2) is 36.8 Å². The van der Waals surface area contributed by atoms with Crippen LogP contribution in [0.1, 0.15) is 21.6 Å². The van der Waals surface area contributed by atoms with Crippen molar-refractivity contribution in [3.8, 4) is 0 Å². The van der Waals surface area contributed by atoms with Gasteiger partial charge >= 0.3 is 5.97 Å². The number of aromatic nitrogens is 2. The van der Waals surface area contributed by atoms with E-state index in [4.69, 9.17) is 5.73 Å². The van der Waals surface area contributed by atoms with Gasteiger partial charge in [0.05, 0.1) is 23.8 Å². The summed E-state index contributed by atoms with van der Waals surface area (Å²) < 4.78 is 0. The van der Waals surface area contributed by atoms with Crippen LogP contribution in [0.5, 0.6) is 0 Å². The number of carboxylic acid groups (broad SMARTS) is 1. The maximum Gasteiger partial charge on any atom is 0.337 e. The molecule has 6 nitrogen and oxygen atoms in total. The van der Waals surface area contributed by atoms with E-state index in [9.17, 15) is 14.7 Å². The SMILES string of the molecule is NC(=O)c1cccc(C=C(C(=O)O)c2cnc[nH]2)c1. The second kappa shape index (κ2) is 5.18. The monoisotopic (exact) mass is 257 g/mol. The van der Waals surface area contributed by atoms with Crippen LogP contribution in [0, 0.1) is 0 Å². The van der Waals surface area contributed by atoms with Crippen molar-refractivity contribution in [2.45, 2.75) is 0 Å². The summed E-state index contributed by atoms with van der Waals surface area (Å²) in [6.07, 6.45) is 4.26. The molecule has 1 heterocycles. The Hall–Kier alpha value is -2.89. The molecule has 2 aromatic rings. The molecule has 0 unspecified atom stereocenters. The number of imidazole rings is 1. The topological polar surface area (TPSA) is 109 Å². The Morgan fingerprint density at radius 1 is 1.37 bits per heavy atom. The van der Waals surface area contributed by atoms with Gasteiger partial charge in [-0.25, -0.2) is 9.78 Å². The van der Waals surface area contributed by atoms with Crippen LogP contribution in [-0.2, 0) is 4.79 Å². The predicted octanol–water partition coefficient (Wildman–Crippen LogP) is 1.13. The molecule has 4 N–H and O–H groups in total. The molecule has 1 amide bonds. The van der Waals surface area contributed by atoms with Gasteiger partial charge in [0, 0.05) is 5.56 Å². The molecule has 6 heteroatoms. The van der Waals surface area contributed by atoms with Gasteiger partial charge in [-0.15, -0.1) is 0 Å². The normalized spacial score (nSPS) is 11.3. The van der Waals surface area contributed by atoms with E-state index in [-0.39, 0.29) is 5.57 Å². The fraction of sp³-hybridized carbons (Fsp3) is 0. The lowest BCUT2D eigenvalue weighted by molar-refractivity contribution is -0.130. The smallest absolute Gasteiger partial charge is 0.337 e. The second-order valence-corrected chi connectivity index (χ2v) is 3.82. The zero-order chi connectivity index (χ0) is 13.8. The summed E-state index contributed by atoms with van der Waals surface area (Å²) in [6, 6.07) is 6.42. The summed E-state index contributed by atoms with van der Waals surface area (Å²) in [4.78, 5) is 28.8. The Morgan fingerprint density at radius 2 is 2.16 bits per heavy atom. The van der Waals surface area contributed by atoms with E-state index in [2.05, 4.69) is 9.97 Å². The number of hydrogen-bond acceptors (Lipinski definition) is 3. The summed E-state index contributed by atoms with van der Waals surface area (Å²) in [5.41, 5.74) is 6.51.